The van der Waals surface area contributed by atoms with E-state index in [1.807, 2.05) is 0 Å². The summed E-state index contributed by atoms with van der Waals surface area (Å²) in [5.41, 5.74) is -0.139. The van der Waals surface area contributed by atoms with Crippen molar-refractivity contribution in [2.75, 3.05) is 13.7 Å². The van der Waals surface area contributed by atoms with Crippen LogP contribution in [0.3, 0.4) is 0 Å². The molecule has 134 valence electrons. The highest BCUT2D eigenvalue weighted by atomic mass is 32.2. The van der Waals surface area contributed by atoms with Crippen LogP contribution in [0.1, 0.15) is 41.6 Å². The number of methoxy groups -OCH3 is 1. The number of sulfonamides is 1. The molecule has 1 aliphatic rings. The molecule has 1 saturated heterocycles. The molecule has 0 saturated carbocycles. The number of carboxylic acids is 1. The minimum Gasteiger partial charge on any atom is -0.481 e. The second kappa shape index (κ2) is 6.56. The molecule has 1 N–H and O–H groups in total. The summed E-state index contributed by atoms with van der Waals surface area (Å²) in [7, 11) is -2.94. The van der Waals surface area contributed by atoms with E-state index in [1.165, 1.54) is 13.8 Å². The van der Waals surface area contributed by atoms with Crippen LogP contribution in [0.4, 0.5) is 0 Å². The smallest absolute Gasteiger partial charge is 0.342 e. The Kier molecular flexibility index (Phi) is 5.05. The summed E-state index contributed by atoms with van der Waals surface area (Å²) in [6, 6.07) is -0.370. The fourth-order valence-electron chi connectivity index (χ4n) is 3.04. The highest BCUT2D eigenvalue weighted by molar-refractivity contribution is 7.89. The van der Waals surface area contributed by atoms with Crippen LogP contribution >= 0.6 is 0 Å². The van der Waals surface area contributed by atoms with Crippen molar-refractivity contribution in [3.05, 3.63) is 17.1 Å². The van der Waals surface area contributed by atoms with Gasteiger partial charge in [-0.15, -0.1) is 0 Å². The van der Waals surface area contributed by atoms with Gasteiger partial charge in [-0.1, -0.05) is 0 Å². The van der Waals surface area contributed by atoms with E-state index >= 15 is 0 Å². The van der Waals surface area contributed by atoms with Crippen LogP contribution in [-0.4, -0.2) is 49.5 Å². The van der Waals surface area contributed by atoms with E-state index in [4.69, 9.17) is 4.42 Å². The Balaban J connectivity index is 2.54. The summed E-state index contributed by atoms with van der Waals surface area (Å²) in [4.78, 5) is 23.0. The number of hydrogen-bond acceptors (Lipinski definition) is 6. The molecule has 0 bridgehead atoms. The van der Waals surface area contributed by atoms with Crippen molar-refractivity contribution in [2.24, 2.45) is 5.92 Å². The molecule has 0 aliphatic carbocycles. The topological polar surface area (TPSA) is 114 Å². The Morgan fingerprint density at radius 1 is 1.25 bits per heavy atom. The molecule has 2 rings (SSSR count). The zero-order valence-electron chi connectivity index (χ0n) is 14.0. The van der Waals surface area contributed by atoms with E-state index in [2.05, 4.69) is 4.74 Å². The van der Waals surface area contributed by atoms with Gasteiger partial charge in [0, 0.05) is 12.6 Å². The Morgan fingerprint density at radius 3 is 2.42 bits per heavy atom. The normalized spacial score (nSPS) is 22.3. The molecule has 2 unspecified atom stereocenters. The van der Waals surface area contributed by atoms with Gasteiger partial charge >= 0.3 is 11.9 Å². The lowest BCUT2D eigenvalue weighted by Gasteiger charge is -2.35. The molecule has 2 atom stereocenters. The van der Waals surface area contributed by atoms with Crippen molar-refractivity contribution >= 4 is 22.0 Å². The van der Waals surface area contributed by atoms with E-state index in [1.54, 1.807) is 6.92 Å². The largest absolute Gasteiger partial charge is 0.481 e. The number of carbonyl (C=O) groups excluding carboxylic acids is 1. The number of carboxylic acid groups (broad SMARTS) is 1. The molecule has 0 spiro atoms. The van der Waals surface area contributed by atoms with Gasteiger partial charge in [-0.05, 0) is 33.6 Å². The van der Waals surface area contributed by atoms with Crippen LogP contribution in [0.2, 0.25) is 0 Å². The molecule has 1 aromatic heterocycles. The fraction of sp³-hybridized carbons (Fsp3) is 0.600. The number of ether oxygens (including phenoxy) is 1. The zero-order chi connectivity index (χ0) is 18.2. The van der Waals surface area contributed by atoms with Gasteiger partial charge in [0.1, 0.15) is 22.0 Å². The molecule has 0 amide bonds. The summed E-state index contributed by atoms with van der Waals surface area (Å²) in [6.45, 7) is 4.52. The van der Waals surface area contributed by atoms with Crippen molar-refractivity contribution in [3.63, 3.8) is 0 Å². The number of furan rings is 1. The first-order chi connectivity index (χ1) is 11.1. The standard InChI is InChI=1S/C15H21NO7S/c1-8-5-6-11(14(17)18)7-16(8)24(20,21)13-10(3)23-9(2)12(13)15(19)22-4/h8,11H,5-7H2,1-4H3,(H,17,18). The zero-order valence-corrected chi connectivity index (χ0v) is 14.8. The van der Waals surface area contributed by atoms with Crippen LogP contribution in [0.25, 0.3) is 0 Å². The third-order valence-electron chi connectivity index (χ3n) is 4.34. The molecule has 9 heteroatoms. The maximum absolute atomic E-state index is 13.1. The SMILES string of the molecule is COC(=O)c1c(C)oc(C)c1S(=O)(=O)N1CC(C(=O)O)CCC1C. The van der Waals surface area contributed by atoms with Gasteiger partial charge in [0.05, 0.1) is 13.0 Å². The molecule has 1 fully saturated rings. The Bertz CT molecular complexity index is 765. The first-order valence-corrected chi connectivity index (χ1v) is 8.98. The molecule has 0 radical (unpaired) electrons. The highest BCUT2D eigenvalue weighted by Gasteiger charge is 2.41. The van der Waals surface area contributed by atoms with E-state index in [-0.39, 0.29) is 34.6 Å². The van der Waals surface area contributed by atoms with E-state index < -0.39 is 27.9 Å². The second-order valence-corrected chi connectivity index (χ2v) is 7.77. The van der Waals surface area contributed by atoms with Gasteiger partial charge < -0.3 is 14.3 Å². The maximum Gasteiger partial charge on any atom is 0.342 e. The highest BCUT2D eigenvalue weighted by Crippen LogP contribution is 2.34. The van der Waals surface area contributed by atoms with Gasteiger partial charge in [0.15, 0.2) is 0 Å². The molecular weight excluding hydrogens is 338 g/mol. The summed E-state index contributed by atoms with van der Waals surface area (Å²) >= 11 is 0. The quantitative estimate of drug-likeness (QED) is 0.811. The summed E-state index contributed by atoms with van der Waals surface area (Å²) in [6.07, 6.45) is 0.843. The molecule has 24 heavy (non-hydrogen) atoms. The van der Waals surface area contributed by atoms with E-state index in [0.717, 1.165) is 11.4 Å². The first kappa shape index (κ1) is 18.5. The average molecular weight is 359 g/mol. The van der Waals surface area contributed by atoms with Crippen molar-refractivity contribution < 1.29 is 32.3 Å². The summed E-state index contributed by atoms with van der Waals surface area (Å²) in [5.74, 6) is -2.38. The van der Waals surface area contributed by atoms with Gasteiger partial charge in [0.2, 0.25) is 10.0 Å². The molecule has 2 heterocycles. The minimum absolute atomic E-state index is 0.0811. The molecule has 0 aromatic carbocycles. The van der Waals surface area contributed by atoms with Crippen LogP contribution in [0.15, 0.2) is 9.31 Å². The van der Waals surface area contributed by atoms with Crippen molar-refractivity contribution in [2.45, 2.75) is 44.6 Å². The van der Waals surface area contributed by atoms with Crippen LogP contribution in [0, 0.1) is 19.8 Å². The van der Waals surface area contributed by atoms with Gasteiger partial charge in [-0.3, -0.25) is 4.79 Å². The minimum atomic E-state index is -4.10. The van der Waals surface area contributed by atoms with Gasteiger partial charge in [-0.2, -0.15) is 4.31 Å². The third kappa shape index (κ3) is 3.05. The van der Waals surface area contributed by atoms with Crippen molar-refractivity contribution in [3.8, 4) is 0 Å². The number of nitrogens with zero attached hydrogens (tertiary/aromatic N) is 1. The molecule has 8 nitrogen and oxygen atoms in total. The number of hydrogen-bond donors (Lipinski definition) is 1. The van der Waals surface area contributed by atoms with Crippen molar-refractivity contribution in [1.29, 1.82) is 0 Å². The second-order valence-electron chi connectivity index (χ2n) is 5.95. The summed E-state index contributed by atoms with van der Waals surface area (Å²) < 4.78 is 37.3. The lowest BCUT2D eigenvalue weighted by molar-refractivity contribution is -0.143. The number of rotatable bonds is 4. The van der Waals surface area contributed by atoms with E-state index in [0.29, 0.717) is 12.8 Å². The van der Waals surface area contributed by atoms with Gasteiger partial charge in [-0.25, -0.2) is 13.2 Å². The average Bonchev–Trinajstić information content (AvgIpc) is 2.81. The van der Waals surface area contributed by atoms with Crippen molar-refractivity contribution in [1.82, 2.24) is 4.31 Å². The van der Waals surface area contributed by atoms with E-state index in [9.17, 15) is 23.1 Å². The number of esters is 1. The molecule has 1 aliphatic heterocycles. The monoisotopic (exact) mass is 359 g/mol. The number of piperidine rings is 1. The Morgan fingerprint density at radius 2 is 1.88 bits per heavy atom. The maximum atomic E-state index is 13.1. The third-order valence-corrected chi connectivity index (χ3v) is 6.47. The van der Waals surface area contributed by atoms with Crippen LogP contribution < -0.4 is 0 Å². The Hall–Kier alpha value is -1.87. The lowest BCUT2D eigenvalue weighted by atomic mass is 9.96. The molecular formula is C15H21NO7S. The van der Waals surface area contributed by atoms with Gasteiger partial charge in [0.25, 0.3) is 0 Å². The number of aryl methyl sites for hydroxylation is 2. The van der Waals surface area contributed by atoms with Crippen LogP contribution in [0.5, 0.6) is 0 Å². The predicted octanol–water partition coefficient (Wildman–Crippen LogP) is 1.56. The molecule has 1 aromatic rings. The number of aliphatic carboxylic acids is 1. The Labute approximate surface area is 140 Å². The number of carbonyl (C=O) groups is 2. The predicted molar refractivity (Wildman–Crippen MR) is 83.2 cm³/mol. The lowest BCUT2D eigenvalue weighted by Crippen LogP contribution is -2.47. The fourth-order valence-corrected chi connectivity index (χ4v) is 5.12. The first-order valence-electron chi connectivity index (χ1n) is 7.54. The summed E-state index contributed by atoms with van der Waals surface area (Å²) in [5, 5.41) is 9.20. The van der Waals surface area contributed by atoms with Crippen LogP contribution in [-0.2, 0) is 19.6 Å².